The second kappa shape index (κ2) is 14.4. The zero-order valence-electron chi connectivity index (χ0n) is 30.1. The van der Waals surface area contributed by atoms with Crippen molar-refractivity contribution >= 4 is 22.9 Å². The lowest BCUT2D eigenvalue weighted by atomic mass is 9.79. The molecule has 2 heterocycles. The number of hydrogen-bond donors (Lipinski definition) is 0. The maximum atomic E-state index is 4.68. The quantitative estimate of drug-likeness (QED) is 0.164. The van der Waals surface area contributed by atoms with Crippen LogP contribution in [0.25, 0.3) is 67.0 Å². The van der Waals surface area contributed by atoms with Crippen molar-refractivity contribution < 1.29 is 0 Å². The normalized spacial score (nSPS) is 14.6. The lowest BCUT2D eigenvalue weighted by molar-refractivity contribution is 0.855. The van der Waals surface area contributed by atoms with Crippen molar-refractivity contribution in [2.45, 2.75) is 17.2 Å². The summed E-state index contributed by atoms with van der Waals surface area (Å²) in [5.74, 6) is 0.255. The van der Waals surface area contributed by atoms with Gasteiger partial charge in [-0.25, -0.2) is 9.97 Å². The highest BCUT2D eigenvalue weighted by Crippen LogP contribution is 2.60. The third kappa shape index (κ3) is 6.43. The molecular weight excluding hydrogens is 685 g/mol. The number of fused-ring (bicyclic) bond motifs is 3. The molecule has 1 unspecified atom stereocenters. The molecule has 0 saturated heterocycles. The van der Waals surface area contributed by atoms with Crippen molar-refractivity contribution in [3.8, 4) is 55.9 Å². The third-order valence-corrected chi connectivity index (χ3v) is 12.2. The maximum absolute atomic E-state index is 4.68. The minimum Gasteiger partial charge on any atom is -0.236 e. The monoisotopic (exact) mass is 720 g/mol. The molecule has 10 rings (SSSR count). The Morgan fingerprint density at radius 2 is 0.945 bits per heavy atom. The van der Waals surface area contributed by atoms with E-state index in [9.17, 15) is 0 Å². The van der Waals surface area contributed by atoms with Gasteiger partial charge in [0.05, 0.1) is 11.4 Å². The molecule has 0 radical (unpaired) electrons. The lowest BCUT2D eigenvalue weighted by Crippen LogP contribution is -2.06. The lowest BCUT2D eigenvalue weighted by Gasteiger charge is -2.25. The molecule has 1 aromatic heterocycles. The smallest absolute Gasteiger partial charge is 0.116 e. The predicted octanol–water partition coefficient (Wildman–Crippen LogP) is 13.9. The highest BCUT2D eigenvalue weighted by molar-refractivity contribution is 8.03. The molecular formula is C52H36N2S. The van der Waals surface area contributed by atoms with Crippen LogP contribution in [0.4, 0.5) is 0 Å². The summed E-state index contributed by atoms with van der Waals surface area (Å²) in [7, 11) is 0. The summed E-state index contributed by atoms with van der Waals surface area (Å²) in [5, 5.41) is 0. The number of benzene rings is 7. The van der Waals surface area contributed by atoms with Gasteiger partial charge in [-0.05, 0) is 104 Å². The molecule has 0 saturated carbocycles. The third-order valence-electron chi connectivity index (χ3n) is 10.8. The molecule has 1 atom stereocenters. The van der Waals surface area contributed by atoms with E-state index >= 15 is 0 Å². The Balaban J connectivity index is 1.09. The largest absolute Gasteiger partial charge is 0.236 e. The number of thioether (sulfide) groups is 1. The summed E-state index contributed by atoms with van der Waals surface area (Å²) < 4.78 is 0. The molecule has 0 N–H and O–H groups in total. The Labute approximate surface area is 326 Å². The van der Waals surface area contributed by atoms with E-state index in [-0.39, 0.29) is 5.92 Å². The van der Waals surface area contributed by atoms with Gasteiger partial charge in [0.25, 0.3) is 0 Å². The molecule has 2 nitrogen and oxygen atoms in total. The van der Waals surface area contributed by atoms with Gasteiger partial charge in [-0.3, -0.25) is 0 Å². The standard InChI is InChI=1S/C52H36N2S/c1-5-15-35(16-6-1)43-29-45(37-19-9-3-10-20-37)51-47(31-43)48-32-44(36-17-7-2-8-18-36)30-46(52(48)55-51)41-25-13-23-39(27-41)40-24-14-26-42(28-40)50-33-49(53-34-54-50)38-21-11-4-12-22-38/h1-31,33-34,48H,32H2. The van der Waals surface area contributed by atoms with Gasteiger partial charge in [-0.15, -0.1) is 0 Å². The molecule has 55 heavy (non-hydrogen) atoms. The minimum atomic E-state index is 0.255. The zero-order valence-corrected chi connectivity index (χ0v) is 31.0. The van der Waals surface area contributed by atoms with E-state index in [1.807, 2.05) is 30.0 Å². The van der Waals surface area contributed by atoms with Crippen molar-refractivity contribution in [3.05, 3.63) is 222 Å². The van der Waals surface area contributed by atoms with Crippen LogP contribution < -0.4 is 0 Å². The van der Waals surface area contributed by atoms with E-state index in [4.69, 9.17) is 0 Å². The second-order valence-electron chi connectivity index (χ2n) is 14.2. The molecule has 0 fully saturated rings. The SMILES string of the molecule is C1=C(c2ccccc2)CC2C(=C1c1cccc(-c3cccc(-c4cc(-c5ccccc5)ncn4)c3)c1)Sc1c(-c3ccccc3)cc(-c3ccccc3)cc12. The average Bonchev–Trinajstić information content (AvgIpc) is 3.66. The number of allylic oxidation sites excluding steroid dienone is 4. The average molecular weight is 721 g/mol. The Morgan fingerprint density at radius 1 is 0.418 bits per heavy atom. The van der Waals surface area contributed by atoms with Crippen LogP contribution in [0.2, 0.25) is 0 Å². The molecule has 2 aliphatic rings. The molecule has 260 valence electrons. The summed E-state index contributed by atoms with van der Waals surface area (Å²) in [4.78, 5) is 12.0. The molecule has 0 spiro atoms. The molecule has 0 amide bonds. The Morgan fingerprint density at radius 3 is 1.62 bits per heavy atom. The molecule has 0 bridgehead atoms. The fraction of sp³-hybridized carbons (Fsp3) is 0.0385. The van der Waals surface area contributed by atoms with E-state index < -0.39 is 0 Å². The maximum Gasteiger partial charge on any atom is 0.116 e. The number of rotatable bonds is 7. The molecule has 1 aliphatic heterocycles. The molecule has 7 aromatic carbocycles. The number of aromatic nitrogens is 2. The number of nitrogens with zero attached hydrogens (tertiary/aromatic N) is 2. The summed E-state index contributed by atoms with van der Waals surface area (Å²) in [6, 6.07) is 67.7. The van der Waals surface area contributed by atoms with Crippen LogP contribution in [0, 0.1) is 0 Å². The molecule has 3 heteroatoms. The van der Waals surface area contributed by atoms with Crippen LogP contribution >= 0.6 is 11.8 Å². The fourth-order valence-electron chi connectivity index (χ4n) is 8.03. The first-order valence-electron chi connectivity index (χ1n) is 18.8. The summed E-state index contributed by atoms with van der Waals surface area (Å²) in [6.07, 6.45) is 5.08. The van der Waals surface area contributed by atoms with Crippen LogP contribution in [0.15, 0.2) is 210 Å². The first kappa shape index (κ1) is 33.1. The highest BCUT2D eigenvalue weighted by Gasteiger charge is 2.36. The van der Waals surface area contributed by atoms with Crippen molar-refractivity contribution in [1.82, 2.24) is 9.97 Å². The zero-order chi connectivity index (χ0) is 36.6. The van der Waals surface area contributed by atoms with Gasteiger partial charge in [-0.1, -0.05) is 169 Å². The van der Waals surface area contributed by atoms with Gasteiger partial charge in [0, 0.05) is 26.8 Å². The van der Waals surface area contributed by atoms with Crippen LogP contribution in [0.3, 0.4) is 0 Å². The summed E-state index contributed by atoms with van der Waals surface area (Å²) >= 11 is 1.97. The number of hydrogen-bond acceptors (Lipinski definition) is 3. The van der Waals surface area contributed by atoms with Crippen LogP contribution in [0.5, 0.6) is 0 Å². The van der Waals surface area contributed by atoms with Gasteiger partial charge in [0.1, 0.15) is 6.33 Å². The summed E-state index contributed by atoms with van der Waals surface area (Å²) in [5.41, 5.74) is 18.0. The van der Waals surface area contributed by atoms with E-state index in [1.54, 1.807) is 6.33 Å². The van der Waals surface area contributed by atoms with Crippen LogP contribution in [-0.4, -0.2) is 9.97 Å². The first-order chi connectivity index (χ1) is 27.2. The highest BCUT2D eigenvalue weighted by atomic mass is 32.2. The van der Waals surface area contributed by atoms with E-state index in [0.717, 1.165) is 34.5 Å². The van der Waals surface area contributed by atoms with E-state index in [1.165, 1.54) is 65.5 Å². The first-order valence-corrected chi connectivity index (χ1v) is 19.6. The van der Waals surface area contributed by atoms with Gasteiger partial charge in [0.2, 0.25) is 0 Å². The van der Waals surface area contributed by atoms with Crippen molar-refractivity contribution in [3.63, 3.8) is 0 Å². The van der Waals surface area contributed by atoms with Crippen molar-refractivity contribution in [2.75, 3.05) is 0 Å². The van der Waals surface area contributed by atoms with Gasteiger partial charge < -0.3 is 0 Å². The van der Waals surface area contributed by atoms with Crippen molar-refractivity contribution in [2.24, 2.45) is 0 Å². The van der Waals surface area contributed by atoms with Crippen LogP contribution in [0.1, 0.15) is 29.0 Å². The fourth-order valence-corrected chi connectivity index (χ4v) is 9.50. The van der Waals surface area contributed by atoms with Gasteiger partial charge in [0.15, 0.2) is 0 Å². The van der Waals surface area contributed by atoms with Crippen molar-refractivity contribution in [1.29, 1.82) is 0 Å². The summed E-state index contributed by atoms with van der Waals surface area (Å²) in [6.45, 7) is 0. The Hall–Kier alpha value is -6.55. The van der Waals surface area contributed by atoms with Gasteiger partial charge in [-0.2, -0.15) is 0 Å². The minimum absolute atomic E-state index is 0.255. The Bertz CT molecular complexity index is 2740. The van der Waals surface area contributed by atoms with E-state index in [2.05, 4.69) is 186 Å². The molecule has 8 aromatic rings. The second-order valence-corrected chi connectivity index (χ2v) is 15.2. The van der Waals surface area contributed by atoms with E-state index in [0.29, 0.717) is 0 Å². The van der Waals surface area contributed by atoms with Crippen LogP contribution in [-0.2, 0) is 0 Å². The Kier molecular flexibility index (Phi) is 8.63. The predicted molar refractivity (Wildman–Crippen MR) is 230 cm³/mol. The molecule has 1 aliphatic carbocycles. The van der Waals surface area contributed by atoms with Gasteiger partial charge >= 0.3 is 0 Å². The topological polar surface area (TPSA) is 25.8 Å².